The van der Waals surface area contributed by atoms with E-state index in [-0.39, 0.29) is 10.8 Å². The SMILES string of the molecule is CCN1CCCC1CNC(=O)C1CCCCN1S(=O)(=O)c1ccccc1. The zero-order chi connectivity index (χ0) is 18.6. The fourth-order valence-corrected chi connectivity index (χ4v) is 5.74. The Morgan fingerprint density at radius 3 is 2.62 bits per heavy atom. The minimum atomic E-state index is -3.65. The van der Waals surface area contributed by atoms with Crippen LogP contribution in [0.4, 0.5) is 0 Å². The Bertz CT molecular complexity index is 708. The van der Waals surface area contributed by atoms with E-state index in [2.05, 4.69) is 17.1 Å². The van der Waals surface area contributed by atoms with Crippen molar-refractivity contribution >= 4 is 15.9 Å². The lowest BCUT2D eigenvalue weighted by Crippen LogP contribution is -2.53. The Morgan fingerprint density at radius 2 is 1.88 bits per heavy atom. The monoisotopic (exact) mass is 379 g/mol. The molecule has 2 atom stereocenters. The zero-order valence-electron chi connectivity index (χ0n) is 15.4. The number of nitrogens with zero attached hydrogens (tertiary/aromatic N) is 2. The van der Waals surface area contributed by atoms with Gasteiger partial charge in [-0.1, -0.05) is 31.5 Å². The van der Waals surface area contributed by atoms with Crippen LogP contribution in [-0.4, -0.2) is 61.8 Å². The average Bonchev–Trinajstić information content (AvgIpc) is 3.14. The third kappa shape index (κ3) is 4.10. The highest BCUT2D eigenvalue weighted by Crippen LogP contribution is 2.25. The quantitative estimate of drug-likeness (QED) is 0.819. The topological polar surface area (TPSA) is 69.7 Å². The Morgan fingerprint density at radius 1 is 1.12 bits per heavy atom. The summed E-state index contributed by atoms with van der Waals surface area (Å²) in [5.41, 5.74) is 0. The number of piperidine rings is 1. The van der Waals surface area contributed by atoms with Crippen LogP contribution in [0.5, 0.6) is 0 Å². The van der Waals surface area contributed by atoms with Crippen LogP contribution in [0.3, 0.4) is 0 Å². The summed E-state index contributed by atoms with van der Waals surface area (Å²) in [5.74, 6) is -0.160. The molecular formula is C19H29N3O3S. The van der Waals surface area contributed by atoms with E-state index >= 15 is 0 Å². The maximum Gasteiger partial charge on any atom is 0.243 e. The van der Waals surface area contributed by atoms with E-state index in [0.717, 1.165) is 38.8 Å². The largest absolute Gasteiger partial charge is 0.353 e. The fourth-order valence-electron chi connectivity index (χ4n) is 4.06. The first-order valence-corrected chi connectivity index (χ1v) is 11.1. The van der Waals surface area contributed by atoms with Crippen LogP contribution in [0.25, 0.3) is 0 Å². The molecule has 2 unspecified atom stereocenters. The molecule has 144 valence electrons. The minimum absolute atomic E-state index is 0.160. The van der Waals surface area contributed by atoms with Gasteiger partial charge in [0, 0.05) is 19.1 Å². The standard InChI is InChI=1S/C19H29N3O3S/c1-2-21-13-8-9-16(21)15-20-19(23)18-12-6-7-14-22(18)26(24,25)17-10-4-3-5-11-17/h3-5,10-11,16,18H,2,6-9,12-15H2,1H3,(H,20,23). The maximum absolute atomic E-state index is 13.0. The molecule has 2 fully saturated rings. The van der Waals surface area contributed by atoms with Crippen molar-refractivity contribution in [2.45, 2.75) is 56.0 Å². The molecule has 6 nitrogen and oxygen atoms in total. The number of likely N-dealkylation sites (N-methyl/N-ethyl adjacent to an activating group) is 1. The predicted octanol–water partition coefficient (Wildman–Crippen LogP) is 1.83. The van der Waals surface area contributed by atoms with Gasteiger partial charge in [-0.3, -0.25) is 9.69 Å². The number of hydrogen-bond donors (Lipinski definition) is 1. The molecule has 2 heterocycles. The number of carbonyl (C=O) groups is 1. The van der Waals surface area contributed by atoms with Gasteiger partial charge in [-0.15, -0.1) is 0 Å². The highest BCUT2D eigenvalue weighted by atomic mass is 32.2. The Balaban J connectivity index is 1.69. The maximum atomic E-state index is 13.0. The zero-order valence-corrected chi connectivity index (χ0v) is 16.2. The molecule has 1 aromatic rings. The first-order valence-electron chi connectivity index (χ1n) is 9.62. The molecule has 26 heavy (non-hydrogen) atoms. The molecule has 0 saturated carbocycles. The Labute approximate surface area is 156 Å². The van der Waals surface area contributed by atoms with Gasteiger partial charge in [0.15, 0.2) is 0 Å². The molecule has 0 aromatic heterocycles. The Hall–Kier alpha value is -1.44. The van der Waals surface area contributed by atoms with Gasteiger partial charge in [0.2, 0.25) is 15.9 Å². The summed E-state index contributed by atoms with van der Waals surface area (Å²) in [6.07, 6.45) is 4.50. The van der Waals surface area contributed by atoms with Gasteiger partial charge >= 0.3 is 0 Å². The van der Waals surface area contributed by atoms with E-state index in [9.17, 15) is 13.2 Å². The van der Waals surface area contributed by atoms with Gasteiger partial charge in [0.05, 0.1) is 4.90 Å². The molecule has 0 aliphatic carbocycles. The molecule has 1 amide bonds. The summed E-state index contributed by atoms with van der Waals surface area (Å²) in [6.45, 7) is 5.20. The molecule has 2 aliphatic rings. The second kappa shape index (κ2) is 8.50. The van der Waals surface area contributed by atoms with E-state index in [1.807, 2.05) is 0 Å². The molecule has 1 aromatic carbocycles. The van der Waals surface area contributed by atoms with Crippen molar-refractivity contribution < 1.29 is 13.2 Å². The van der Waals surface area contributed by atoms with Crippen molar-refractivity contribution in [3.05, 3.63) is 30.3 Å². The van der Waals surface area contributed by atoms with Crippen LogP contribution in [0.2, 0.25) is 0 Å². The van der Waals surface area contributed by atoms with Crippen molar-refractivity contribution in [1.29, 1.82) is 0 Å². The van der Waals surface area contributed by atoms with Crippen molar-refractivity contribution in [2.75, 3.05) is 26.2 Å². The molecular weight excluding hydrogens is 350 g/mol. The van der Waals surface area contributed by atoms with E-state index in [4.69, 9.17) is 0 Å². The van der Waals surface area contributed by atoms with Crippen molar-refractivity contribution in [3.63, 3.8) is 0 Å². The van der Waals surface area contributed by atoms with Crippen LogP contribution in [0.1, 0.15) is 39.0 Å². The Kier molecular flexibility index (Phi) is 6.32. The van der Waals surface area contributed by atoms with Crippen LogP contribution < -0.4 is 5.32 Å². The molecule has 2 saturated heterocycles. The summed E-state index contributed by atoms with van der Waals surface area (Å²) < 4.78 is 27.4. The normalized spacial score (nSPS) is 25.3. The average molecular weight is 380 g/mol. The molecule has 2 aliphatic heterocycles. The number of amides is 1. The van der Waals surface area contributed by atoms with Crippen molar-refractivity contribution in [1.82, 2.24) is 14.5 Å². The lowest BCUT2D eigenvalue weighted by Gasteiger charge is -2.34. The van der Waals surface area contributed by atoms with Crippen molar-refractivity contribution in [3.8, 4) is 0 Å². The first-order chi connectivity index (χ1) is 12.5. The fraction of sp³-hybridized carbons (Fsp3) is 0.632. The van der Waals surface area contributed by atoms with Gasteiger partial charge in [-0.25, -0.2) is 8.42 Å². The van der Waals surface area contributed by atoms with Crippen molar-refractivity contribution in [2.24, 2.45) is 0 Å². The number of likely N-dealkylation sites (tertiary alicyclic amines) is 1. The number of sulfonamides is 1. The highest BCUT2D eigenvalue weighted by molar-refractivity contribution is 7.89. The first kappa shape index (κ1) is 19.3. The van der Waals surface area contributed by atoms with Crippen LogP contribution in [-0.2, 0) is 14.8 Å². The molecule has 0 bridgehead atoms. The number of rotatable bonds is 6. The van der Waals surface area contributed by atoms with Gasteiger partial charge in [0.25, 0.3) is 0 Å². The summed E-state index contributed by atoms with van der Waals surface area (Å²) >= 11 is 0. The highest BCUT2D eigenvalue weighted by Gasteiger charge is 2.37. The van der Waals surface area contributed by atoms with Gasteiger partial charge < -0.3 is 5.32 Å². The minimum Gasteiger partial charge on any atom is -0.353 e. The molecule has 1 N–H and O–H groups in total. The van der Waals surface area contributed by atoms with Gasteiger partial charge in [-0.05, 0) is 50.9 Å². The lowest BCUT2D eigenvalue weighted by atomic mass is 10.0. The van der Waals surface area contributed by atoms with E-state index < -0.39 is 16.1 Å². The van der Waals surface area contributed by atoms with E-state index in [1.165, 1.54) is 4.31 Å². The van der Waals surface area contributed by atoms with Crippen LogP contribution in [0.15, 0.2) is 35.2 Å². The summed E-state index contributed by atoms with van der Waals surface area (Å²) in [5, 5.41) is 3.03. The van der Waals surface area contributed by atoms with Gasteiger partial charge in [0.1, 0.15) is 6.04 Å². The van der Waals surface area contributed by atoms with E-state index in [0.29, 0.717) is 25.6 Å². The van der Waals surface area contributed by atoms with E-state index in [1.54, 1.807) is 30.3 Å². The second-order valence-corrected chi connectivity index (χ2v) is 9.00. The molecule has 3 rings (SSSR count). The van der Waals surface area contributed by atoms with Gasteiger partial charge in [-0.2, -0.15) is 4.31 Å². The smallest absolute Gasteiger partial charge is 0.243 e. The van der Waals surface area contributed by atoms with Crippen LogP contribution in [0, 0.1) is 0 Å². The third-order valence-corrected chi connectivity index (χ3v) is 7.45. The molecule has 7 heteroatoms. The third-order valence-electron chi connectivity index (χ3n) is 5.52. The molecule has 0 spiro atoms. The number of carbonyl (C=O) groups excluding carboxylic acids is 1. The number of hydrogen-bond acceptors (Lipinski definition) is 4. The molecule has 0 radical (unpaired) electrons. The summed E-state index contributed by atoms with van der Waals surface area (Å²) in [6, 6.07) is 8.17. The number of nitrogens with one attached hydrogen (secondary N) is 1. The van der Waals surface area contributed by atoms with Crippen LogP contribution >= 0.6 is 0 Å². The number of benzene rings is 1. The lowest BCUT2D eigenvalue weighted by molar-refractivity contribution is -0.125. The second-order valence-electron chi connectivity index (χ2n) is 7.11. The summed E-state index contributed by atoms with van der Waals surface area (Å²) in [7, 11) is -3.65. The summed E-state index contributed by atoms with van der Waals surface area (Å²) in [4.78, 5) is 15.4. The predicted molar refractivity (Wildman–Crippen MR) is 101 cm³/mol.